The van der Waals surface area contributed by atoms with Crippen molar-refractivity contribution in [1.82, 2.24) is 0 Å². The SMILES string of the molecule is CCCCOc1ccc([C@H](CC(=O)c2ccc(Br)cc2)Nc2ccc(Br)cc2)cc1. The lowest BCUT2D eigenvalue weighted by atomic mass is 9.97. The molecule has 0 heterocycles. The molecule has 3 aromatic rings. The van der Waals surface area contributed by atoms with Crippen molar-refractivity contribution in [2.24, 2.45) is 0 Å². The first-order chi connectivity index (χ1) is 14.5. The van der Waals surface area contributed by atoms with Crippen molar-refractivity contribution in [2.75, 3.05) is 11.9 Å². The van der Waals surface area contributed by atoms with Crippen molar-refractivity contribution in [3.05, 3.63) is 92.9 Å². The average molecular weight is 531 g/mol. The first kappa shape index (κ1) is 22.6. The summed E-state index contributed by atoms with van der Waals surface area (Å²) in [6.45, 7) is 2.87. The highest BCUT2D eigenvalue weighted by Crippen LogP contribution is 2.27. The Balaban J connectivity index is 1.78. The van der Waals surface area contributed by atoms with Gasteiger partial charge in [0.05, 0.1) is 12.6 Å². The van der Waals surface area contributed by atoms with Crippen molar-refractivity contribution in [3.8, 4) is 5.75 Å². The smallest absolute Gasteiger partial charge is 0.165 e. The number of nitrogens with one attached hydrogen (secondary N) is 1. The number of rotatable bonds is 10. The molecular weight excluding hydrogens is 506 g/mol. The molecule has 0 spiro atoms. The van der Waals surface area contributed by atoms with Gasteiger partial charge in [0.1, 0.15) is 5.75 Å². The zero-order chi connectivity index (χ0) is 21.3. The van der Waals surface area contributed by atoms with Crippen LogP contribution in [0.25, 0.3) is 0 Å². The van der Waals surface area contributed by atoms with Crippen LogP contribution >= 0.6 is 31.9 Å². The number of hydrogen-bond acceptors (Lipinski definition) is 3. The minimum Gasteiger partial charge on any atom is -0.494 e. The molecule has 0 fully saturated rings. The van der Waals surface area contributed by atoms with E-state index in [0.29, 0.717) is 12.0 Å². The maximum atomic E-state index is 12.9. The fraction of sp³-hybridized carbons (Fsp3) is 0.240. The van der Waals surface area contributed by atoms with Gasteiger partial charge in [0.2, 0.25) is 0 Å². The summed E-state index contributed by atoms with van der Waals surface area (Å²) in [4.78, 5) is 12.9. The first-order valence-electron chi connectivity index (χ1n) is 10.1. The Kier molecular flexibility index (Phi) is 8.52. The predicted octanol–water partition coefficient (Wildman–Crippen LogP) is 7.82. The van der Waals surface area contributed by atoms with E-state index in [1.807, 2.05) is 72.8 Å². The van der Waals surface area contributed by atoms with Gasteiger partial charge in [0.15, 0.2) is 5.78 Å². The summed E-state index contributed by atoms with van der Waals surface area (Å²) >= 11 is 6.89. The summed E-state index contributed by atoms with van der Waals surface area (Å²) in [6.07, 6.45) is 2.50. The molecule has 5 heteroatoms. The number of ketones is 1. The van der Waals surface area contributed by atoms with Crippen LogP contribution in [0.15, 0.2) is 81.7 Å². The summed E-state index contributed by atoms with van der Waals surface area (Å²) in [7, 11) is 0. The van der Waals surface area contributed by atoms with Gasteiger partial charge in [0.25, 0.3) is 0 Å². The van der Waals surface area contributed by atoms with Gasteiger partial charge in [-0.15, -0.1) is 0 Å². The molecule has 3 aromatic carbocycles. The van der Waals surface area contributed by atoms with Gasteiger partial charge in [-0.2, -0.15) is 0 Å². The number of Topliss-reactive ketones (excluding diaryl/α,β-unsaturated/α-hetero) is 1. The lowest BCUT2D eigenvalue weighted by Gasteiger charge is -2.21. The summed E-state index contributed by atoms with van der Waals surface area (Å²) in [6, 6.07) is 23.4. The minimum absolute atomic E-state index is 0.0976. The molecule has 0 aliphatic carbocycles. The third-order valence-corrected chi connectivity index (χ3v) is 5.85. The highest BCUT2D eigenvalue weighted by atomic mass is 79.9. The molecule has 1 N–H and O–H groups in total. The Morgan fingerprint density at radius 1 is 0.900 bits per heavy atom. The number of unbranched alkanes of at least 4 members (excludes halogenated alkanes) is 1. The molecule has 0 bridgehead atoms. The number of anilines is 1. The Morgan fingerprint density at radius 2 is 1.50 bits per heavy atom. The van der Waals surface area contributed by atoms with Gasteiger partial charge in [-0.05, 0) is 60.5 Å². The zero-order valence-corrected chi connectivity index (χ0v) is 20.1. The summed E-state index contributed by atoms with van der Waals surface area (Å²) in [5, 5.41) is 3.51. The van der Waals surface area contributed by atoms with Crippen molar-refractivity contribution in [3.63, 3.8) is 0 Å². The van der Waals surface area contributed by atoms with Gasteiger partial charge in [0, 0.05) is 26.6 Å². The van der Waals surface area contributed by atoms with E-state index in [0.717, 1.165) is 45.4 Å². The van der Waals surface area contributed by atoms with Crippen LogP contribution in [0.2, 0.25) is 0 Å². The normalized spacial score (nSPS) is 11.7. The fourth-order valence-electron chi connectivity index (χ4n) is 3.07. The lowest BCUT2D eigenvalue weighted by Crippen LogP contribution is -2.16. The van der Waals surface area contributed by atoms with Crippen LogP contribution in [0, 0.1) is 0 Å². The zero-order valence-electron chi connectivity index (χ0n) is 16.9. The van der Waals surface area contributed by atoms with E-state index in [1.165, 1.54) is 0 Å². The molecule has 0 aliphatic rings. The molecule has 0 amide bonds. The highest BCUT2D eigenvalue weighted by Gasteiger charge is 2.18. The minimum atomic E-state index is -0.146. The maximum absolute atomic E-state index is 12.9. The monoisotopic (exact) mass is 529 g/mol. The molecule has 3 nitrogen and oxygen atoms in total. The van der Waals surface area contributed by atoms with E-state index in [9.17, 15) is 4.79 Å². The van der Waals surface area contributed by atoms with Gasteiger partial charge >= 0.3 is 0 Å². The number of halogens is 2. The van der Waals surface area contributed by atoms with E-state index in [1.54, 1.807) is 0 Å². The van der Waals surface area contributed by atoms with E-state index in [-0.39, 0.29) is 11.8 Å². The highest BCUT2D eigenvalue weighted by molar-refractivity contribution is 9.10. The largest absolute Gasteiger partial charge is 0.494 e. The number of ether oxygens (including phenoxy) is 1. The number of carbonyl (C=O) groups excluding carboxylic acids is 1. The molecule has 0 radical (unpaired) electrons. The van der Waals surface area contributed by atoms with Crippen LogP contribution in [0.5, 0.6) is 5.75 Å². The Hall–Kier alpha value is -2.11. The average Bonchev–Trinajstić information content (AvgIpc) is 2.76. The van der Waals surface area contributed by atoms with Crippen molar-refractivity contribution >= 4 is 43.3 Å². The summed E-state index contributed by atoms with van der Waals surface area (Å²) < 4.78 is 7.76. The molecule has 0 aliphatic heterocycles. The van der Waals surface area contributed by atoms with E-state index >= 15 is 0 Å². The van der Waals surface area contributed by atoms with Crippen LogP contribution in [0.4, 0.5) is 5.69 Å². The molecule has 0 saturated carbocycles. The lowest BCUT2D eigenvalue weighted by molar-refractivity contribution is 0.0976. The van der Waals surface area contributed by atoms with Crippen LogP contribution < -0.4 is 10.1 Å². The first-order valence-corrected chi connectivity index (χ1v) is 11.7. The molecule has 1 atom stereocenters. The van der Waals surface area contributed by atoms with Crippen molar-refractivity contribution < 1.29 is 9.53 Å². The Morgan fingerprint density at radius 3 is 2.10 bits per heavy atom. The molecule has 0 unspecified atom stereocenters. The maximum Gasteiger partial charge on any atom is 0.165 e. The van der Waals surface area contributed by atoms with Gasteiger partial charge in [-0.1, -0.05) is 69.5 Å². The summed E-state index contributed by atoms with van der Waals surface area (Å²) in [5.41, 5.74) is 2.72. The Bertz CT molecular complexity index is 938. The predicted molar refractivity (Wildman–Crippen MR) is 130 cm³/mol. The fourth-order valence-corrected chi connectivity index (χ4v) is 3.60. The molecular formula is C25H25Br2NO2. The van der Waals surface area contributed by atoms with E-state index in [4.69, 9.17) is 4.74 Å². The second-order valence-electron chi connectivity index (χ2n) is 7.11. The molecule has 30 heavy (non-hydrogen) atoms. The van der Waals surface area contributed by atoms with Gasteiger partial charge in [-0.3, -0.25) is 4.79 Å². The second kappa shape index (κ2) is 11.3. The number of carbonyl (C=O) groups is 1. The third kappa shape index (κ3) is 6.71. The Labute approximate surface area is 195 Å². The molecule has 156 valence electrons. The number of benzene rings is 3. The van der Waals surface area contributed by atoms with Gasteiger partial charge < -0.3 is 10.1 Å². The van der Waals surface area contributed by atoms with Crippen LogP contribution in [0.3, 0.4) is 0 Å². The van der Waals surface area contributed by atoms with Crippen LogP contribution in [-0.4, -0.2) is 12.4 Å². The standard InChI is InChI=1S/C25H25Br2NO2/c1-2-3-16-30-23-14-6-18(7-15-23)24(28-22-12-10-21(27)11-13-22)17-25(29)19-4-8-20(26)9-5-19/h4-15,24,28H,2-3,16-17H2,1H3/t24-/m0/s1. The summed E-state index contributed by atoms with van der Waals surface area (Å²) in [5.74, 6) is 0.953. The third-order valence-electron chi connectivity index (χ3n) is 4.79. The molecule has 0 aromatic heterocycles. The molecule has 0 saturated heterocycles. The van der Waals surface area contributed by atoms with Crippen LogP contribution in [-0.2, 0) is 0 Å². The topological polar surface area (TPSA) is 38.3 Å². The molecule has 3 rings (SSSR count). The van der Waals surface area contributed by atoms with Crippen molar-refractivity contribution in [2.45, 2.75) is 32.2 Å². The second-order valence-corrected chi connectivity index (χ2v) is 8.94. The number of hydrogen-bond donors (Lipinski definition) is 1. The van der Waals surface area contributed by atoms with Crippen molar-refractivity contribution in [1.29, 1.82) is 0 Å². The quantitative estimate of drug-likeness (QED) is 0.214. The van der Waals surface area contributed by atoms with E-state index < -0.39 is 0 Å². The van der Waals surface area contributed by atoms with Crippen LogP contribution in [0.1, 0.15) is 48.1 Å². The van der Waals surface area contributed by atoms with E-state index in [2.05, 4.69) is 44.1 Å². The van der Waals surface area contributed by atoms with Gasteiger partial charge in [-0.25, -0.2) is 0 Å².